The number of likely N-dealkylation sites (tertiary alicyclic amines) is 1. The van der Waals surface area contributed by atoms with E-state index < -0.39 is 29.5 Å². The lowest BCUT2D eigenvalue weighted by molar-refractivity contribution is -0.313. The predicted molar refractivity (Wildman–Crippen MR) is 81.9 cm³/mol. The Morgan fingerprint density at radius 3 is 2.75 bits per heavy atom. The van der Waals surface area contributed by atoms with Gasteiger partial charge in [0.15, 0.2) is 0 Å². The lowest BCUT2D eigenvalue weighted by Gasteiger charge is -2.28. The first kappa shape index (κ1) is 15.2. The number of fused-ring (bicyclic) bond motifs is 1. The van der Waals surface area contributed by atoms with E-state index in [2.05, 4.69) is 0 Å². The number of benzene rings is 1. The Kier molecular flexibility index (Phi) is 3.22. The summed E-state index contributed by atoms with van der Waals surface area (Å²) in [7, 11) is 1.60. The van der Waals surface area contributed by atoms with E-state index in [0.29, 0.717) is 6.54 Å². The number of rotatable bonds is 4. The average molecular weight is 328 g/mol. The van der Waals surface area contributed by atoms with E-state index in [4.69, 9.17) is 9.47 Å². The van der Waals surface area contributed by atoms with Crippen LogP contribution in [0.4, 0.5) is 0 Å². The Balaban J connectivity index is 1.63. The molecule has 0 radical (unpaired) electrons. The minimum atomic E-state index is -1.22. The highest BCUT2D eigenvalue weighted by Crippen LogP contribution is 2.53. The molecule has 2 fully saturated rings. The minimum absolute atomic E-state index is 0.179. The number of amides is 1. The maximum atomic E-state index is 12.9. The molecule has 2 bridgehead atoms. The first-order valence-electron chi connectivity index (χ1n) is 7.99. The fourth-order valence-corrected chi connectivity index (χ4v) is 4.19. The van der Waals surface area contributed by atoms with Crippen molar-refractivity contribution in [1.82, 2.24) is 4.90 Å². The van der Waals surface area contributed by atoms with E-state index in [1.165, 1.54) is 0 Å². The molecule has 126 valence electrons. The topological polar surface area (TPSA) is 78.9 Å². The lowest BCUT2D eigenvalue weighted by atomic mass is 9.77. The highest BCUT2D eigenvalue weighted by molar-refractivity contribution is 5.90. The molecular formula is C18H18NO5-. The van der Waals surface area contributed by atoms with Crippen molar-refractivity contribution in [3.8, 4) is 5.75 Å². The van der Waals surface area contributed by atoms with E-state index in [1.807, 2.05) is 37.3 Å². The molecule has 3 aliphatic rings. The standard InChI is InChI=1S/C18H19NO5/c1-10(11-3-5-12(23-2)6-4-11)19-9-18-8-7-13(24-18)14(17(21)22)15(18)16(19)20/h3-8,10,13-15H,9H2,1-2H3,(H,21,22)/p-1/t10-,13-,14-,15+,18+/m0/s1. The molecule has 3 heterocycles. The van der Waals surface area contributed by atoms with Crippen molar-refractivity contribution in [2.45, 2.75) is 24.7 Å². The van der Waals surface area contributed by atoms with Crippen molar-refractivity contribution >= 4 is 11.9 Å². The fourth-order valence-electron chi connectivity index (χ4n) is 4.19. The second-order valence-electron chi connectivity index (χ2n) is 6.63. The van der Waals surface area contributed by atoms with Crippen LogP contribution in [-0.4, -0.2) is 42.1 Å². The smallest absolute Gasteiger partial charge is 0.230 e. The molecule has 6 nitrogen and oxygen atoms in total. The molecule has 1 aromatic carbocycles. The molecule has 0 unspecified atom stereocenters. The van der Waals surface area contributed by atoms with Gasteiger partial charge in [-0.3, -0.25) is 4.79 Å². The number of aliphatic carboxylic acids is 1. The summed E-state index contributed by atoms with van der Waals surface area (Å²) in [5, 5.41) is 11.5. The molecule has 5 atom stereocenters. The molecule has 1 aromatic rings. The van der Waals surface area contributed by atoms with Gasteiger partial charge >= 0.3 is 0 Å². The normalized spacial score (nSPS) is 34.5. The van der Waals surface area contributed by atoms with E-state index in [9.17, 15) is 14.7 Å². The molecule has 0 aromatic heterocycles. The van der Waals surface area contributed by atoms with Crippen LogP contribution in [0.15, 0.2) is 36.4 Å². The Morgan fingerprint density at radius 1 is 1.42 bits per heavy atom. The molecule has 24 heavy (non-hydrogen) atoms. The number of carboxylic acids is 1. The quantitative estimate of drug-likeness (QED) is 0.742. The fraction of sp³-hybridized carbons (Fsp3) is 0.444. The summed E-state index contributed by atoms with van der Waals surface area (Å²) < 4.78 is 11.0. The number of hydrogen-bond acceptors (Lipinski definition) is 5. The van der Waals surface area contributed by atoms with Crippen LogP contribution < -0.4 is 9.84 Å². The van der Waals surface area contributed by atoms with E-state index in [-0.39, 0.29) is 11.9 Å². The number of carbonyl (C=O) groups excluding carboxylic acids is 2. The Labute approximate surface area is 139 Å². The summed E-state index contributed by atoms with van der Waals surface area (Å²) >= 11 is 0. The van der Waals surface area contributed by atoms with Gasteiger partial charge in [0.1, 0.15) is 11.4 Å². The molecule has 2 saturated heterocycles. The second kappa shape index (κ2) is 5.08. The third kappa shape index (κ3) is 1.92. The molecule has 6 heteroatoms. The number of ether oxygens (including phenoxy) is 2. The lowest BCUT2D eigenvalue weighted by Crippen LogP contribution is -2.45. The molecule has 3 aliphatic heterocycles. The Hall–Kier alpha value is -2.34. The van der Waals surface area contributed by atoms with Crippen LogP contribution in [0.25, 0.3) is 0 Å². The van der Waals surface area contributed by atoms with Crippen LogP contribution >= 0.6 is 0 Å². The summed E-state index contributed by atoms with van der Waals surface area (Å²) in [6.07, 6.45) is 3.04. The molecule has 4 rings (SSSR count). The van der Waals surface area contributed by atoms with Gasteiger partial charge in [0.05, 0.1) is 31.7 Å². The summed E-state index contributed by atoms with van der Waals surface area (Å²) in [6.45, 7) is 2.29. The van der Waals surface area contributed by atoms with Gasteiger partial charge in [-0.15, -0.1) is 0 Å². The minimum Gasteiger partial charge on any atom is -0.550 e. The monoisotopic (exact) mass is 328 g/mol. The summed E-state index contributed by atoms with van der Waals surface area (Å²) in [6, 6.07) is 7.33. The van der Waals surface area contributed by atoms with Crippen LogP contribution in [0.5, 0.6) is 5.75 Å². The van der Waals surface area contributed by atoms with Crippen LogP contribution in [-0.2, 0) is 14.3 Å². The molecular weight excluding hydrogens is 310 g/mol. The first-order valence-corrected chi connectivity index (χ1v) is 7.99. The largest absolute Gasteiger partial charge is 0.550 e. The SMILES string of the molecule is COc1ccc([C@H](C)N2C[C@@]34C=C[C@H](O3)[C@H](C(=O)[O-])[C@@H]4C2=O)cc1. The zero-order chi connectivity index (χ0) is 17.1. The van der Waals surface area contributed by atoms with Gasteiger partial charge in [-0.25, -0.2) is 0 Å². The predicted octanol–water partition coefficient (Wildman–Crippen LogP) is 0.288. The average Bonchev–Trinajstić information content (AvgIpc) is 3.22. The van der Waals surface area contributed by atoms with Gasteiger partial charge in [0.2, 0.25) is 5.91 Å². The van der Waals surface area contributed by atoms with Gasteiger partial charge < -0.3 is 24.3 Å². The molecule has 1 amide bonds. The van der Waals surface area contributed by atoms with E-state index in [0.717, 1.165) is 11.3 Å². The zero-order valence-electron chi connectivity index (χ0n) is 13.5. The number of carbonyl (C=O) groups is 2. The van der Waals surface area contributed by atoms with Crippen molar-refractivity contribution in [3.63, 3.8) is 0 Å². The number of hydrogen-bond donors (Lipinski definition) is 0. The number of carboxylic acid groups (broad SMARTS) is 1. The summed E-state index contributed by atoms with van der Waals surface area (Å²) in [4.78, 5) is 26.1. The van der Waals surface area contributed by atoms with E-state index >= 15 is 0 Å². The number of methoxy groups -OCH3 is 1. The second-order valence-corrected chi connectivity index (χ2v) is 6.63. The maximum Gasteiger partial charge on any atom is 0.230 e. The third-order valence-electron chi connectivity index (χ3n) is 5.47. The third-order valence-corrected chi connectivity index (χ3v) is 5.47. The van der Waals surface area contributed by atoms with Crippen molar-refractivity contribution in [1.29, 1.82) is 0 Å². The molecule has 0 N–H and O–H groups in total. The first-order chi connectivity index (χ1) is 11.5. The Morgan fingerprint density at radius 2 is 2.12 bits per heavy atom. The van der Waals surface area contributed by atoms with Crippen molar-refractivity contribution < 1.29 is 24.2 Å². The van der Waals surface area contributed by atoms with Crippen LogP contribution in [0.1, 0.15) is 18.5 Å². The van der Waals surface area contributed by atoms with Crippen LogP contribution in [0, 0.1) is 11.8 Å². The van der Waals surface area contributed by atoms with Crippen molar-refractivity contribution in [2.75, 3.05) is 13.7 Å². The van der Waals surface area contributed by atoms with Gasteiger partial charge in [-0.05, 0) is 24.6 Å². The maximum absolute atomic E-state index is 12.9. The van der Waals surface area contributed by atoms with Crippen LogP contribution in [0.2, 0.25) is 0 Å². The highest BCUT2D eigenvalue weighted by atomic mass is 16.5. The van der Waals surface area contributed by atoms with E-state index in [1.54, 1.807) is 18.1 Å². The van der Waals surface area contributed by atoms with Gasteiger partial charge in [0.25, 0.3) is 0 Å². The molecule has 1 spiro atoms. The molecule has 0 aliphatic carbocycles. The summed E-state index contributed by atoms with van der Waals surface area (Å²) in [5.74, 6) is -2.26. The summed E-state index contributed by atoms with van der Waals surface area (Å²) in [5.41, 5.74) is 0.136. The van der Waals surface area contributed by atoms with Gasteiger partial charge in [-0.1, -0.05) is 24.3 Å². The highest BCUT2D eigenvalue weighted by Gasteiger charge is 2.65. The van der Waals surface area contributed by atoms with Crippen LogP contribution in [0.3, 0.4) is 0 Å². The molecule has 0 saturated carbocycles. The number of nitrogens with zero attached hydrogens (tertiary/aromatic N) is 1. The van der Waals surface area contributed by atoms with Crippen molar-refractivity contribution in [2.24, 2.45) is 11.8 Å². The van der Waals surface area contributed by atoms with Gasteiger partial charge in [-0.2, -0.15) is 0 Å². The zero-order valence-corrected chi connectivity index (χ0v) is 13.5. The van der Waals surface area contributed by atoms with Gasteiger partial charge in [0, 0.05) is 11.9 Å². The Bertz CT molecular complexity index is 727. The van der Waals surface area contributed by atoms with Crippen molar-refractivity contribution in [3.05, 3.63) is 42.0 Å².